The van der Waals surface area contributed by atoms with Gasteiger partial charge in [-0.2, -0.15) is 0 Å². The Morgan fingerprint density at radius 3 is 2.44 bits per heavy atom. The van der Waals surface area contributed by atoms with Crippen LogP contribution in [0.5, 0.6) is 0 Å². The molecule has 3 fully saturated rings. The first-order valence-corrected chi connectivity index (χ1v) is 14.8. The monoisotopic (exact) mass is 545 g/mol. The van der Waals surface area contributed by atoms with E-state index in [4.69, 9.17) is 14.2 Å². The van der Waals surface area contributed by atoms with E-state index in [1.165, 1.54) is 26.3 Å². The van der Waals surface area contributed by atoms with Crippen LogP contribution in [-0.4, -0.2) is 48.7 Å². The van der Waals surface area contributed by atoms with Gasteiger partial charge in [0.05, 0.1) is 12.6 Å². The Morgan fingerprint density at radius 2 is 1.77 bits per heavy atom. The smallest absolute Gasteiger partial charge is 0.306 e. The highest BCUT2D eigenvalue weighted by Gasteiger charge is 2.62. The normalized spacial score (nSPS) is 37.7. The first kappa shape index (κ1) is 29.6. The van der Waals surface area contributed by atoms with Gasteiger partial charge in [-0.3, -0.25) is 19.2 Å². The fraction of sp³-hybridized carbons (Fsp3) is 0.806. The summed E-state index contributed by atoms with van der Waals surface area (Å²) in [5.41, 5.74) is 1.39. The van der Waals surface area contributed by atoms with Gasteiger partial charge in [0.25, 0.3) is 0 Å². The van der Waals surface area contributed by atoms with E-state index in [0.29, 0.717) is 30.8 Å². The summed E-state index contributed by atoms with van der Waals surface area (Å²) in [7, 11) is 0. The molecule has 0 heterocycles. The molecule has 1 amide bonds. The summed E-state index contributed by atoms with van der Waals surface area (Å²) in [5, 5.41) is 3.18. The van der Waals surface area contributed by atoms with Gasteiger partial charge in [-0.25, -0.2) is 0 Å². The molecule has 0 aromatic rings. The number of allylic oxidation sites excluding steroid dienone is 1. The molecule has 39 heavy (non-hydrogen) atoms. The minimum Gasteiger partial charge on any atom is -0.466 e. The summed E-state index contributed by atoms with van der Waals surface area (Å²) in [6, 6.07) is -0.207. The summed E-state index contributed by atoms with van der Waals surface area (Å²) < 4.78 is 16.7. The molecule has 4 aliphatic carbocycles. The van der Waals surface area contributed by atoms with Gasteiger partial charge in [-0.1, -0.05) is 32.4 Å². The third-order valence-electron chi connectivity index (χ3n) is 10.5. The second kappa shape index (κ2) is 11.6. The Labute approximate surface area is 233 Å². The Bertz CT molecular complexity index is 1010. The maximum Gasteiger partial charge on any atom is 0.306 e. The third kappa shape index (κ3) is 6.19. The average molecular weight is 546 g/mol. The molecule has 0 aromatic carbocycles. The van der Waals surface area contributed by atoms with E-state index in [-0.39, 0.29) is 65.2 Å². The highest BCUT2D eigenvalue weighted by molar-refractivity contribution is 5.74. The average Bonchev–Trinajstić information content (AvgIpc) is 3.12. The Hall–Kier alpha value is -2.38. The molecular formula is C31H47NO7. The molecule has 218 valence electrons. The lowest BCUT2D eigenvalue weighted by Gasteiger charge is -2.57. The van der Waals surface area contributed by atoms with Gasteiger partial charge in [0.2, 0.25) is 5.91 Å². The van der Waals surface area contributed by atoms with E-state index >= 15 is 0 Å². The van der Waals surface area contributed by atoms with Crippen molar-refractivity contribution in [1.29, 1.82) is 0 Å². The van der Waals surface area contributed by atoms with Gasteiger partial charge >= 0.3 is 17.9 Å². The summed E-state index contributed by atoms with van der Waals surface area (Å²) in [4.78, 5) is 47.8. The van der Waals surface area contributed by atoms with Crippen LogP contribution in [0.15, 0.2) is 11.6 Å². The number of esters is 3. The number of fused-ring (bicyclic) bond motifs is 5. The lowest BCUT2D eigenvalue weighted by molar-refractivity contribution is -0.152. The minimum atomic E-state index is -0.350. The van der Waals surface area contributed by atoms with Crippen molar-refractivity contribution in [2.75, 3.05) is 6.61 Å². The fourth-order valence-electron chi connectivity index (χ4n) is 8.48. The number of amides is 1. The van der Waals surface area contributed by atoms with Crippen molar-refractivity contribution in [2.24, 2.45) is 34.5 Å². The van der Waals surface area contributed by atoms with E-state index in [2.05, 4.69) is 25.2 Å². The largest absolute Gasteiger partial charge is 0.466 e. The molecule has 9 atom stereocenters. The molecule has 0 radical (unpaired) electrons. The van der Waals surface area contributed by atoms with Crippen LogP contribution >= 0.6 is 0 Å². The Kier molecular flexibility index (Phi) is 8.82. The second-order valence-electron chi connectivity index (χ2n) is 13.2. The highest BCUT2D eigenvalue weighted by Crippen LogP contribution is 2.65. The predicted molar refractivity (Wildman–Crippen MR) is 145 cm³/mol. The number of ether oxygens (including phenoxy) is 3. The predicted octanol–water partition coefficient (Wildman–Crippen LogP) is 4.89. The first-order chi connectivity index (χ1) is 18.3. The standard InChI is InChI=1S/C31H47NO7/c1-18(17-37-20(3)34)7-10-28(36)39-27-16-26-24-9-8-22-15-23(38-21(4)35)11-13-30(22,5)25(24)12-14-31(26,6)29(27)32-19(2)33/h8,18,23-27,29H,7,9-17H2,1-6H3,(H,32,33)/t18-,23-,24-,25+,26+,27+,29+,30-,31-/m0/s1. The lowest BCUT2D eigenvalue weighted by atomic mass is 9.48. The van der Waals surface area contributed by atoms with Crippen LogP contribution in [0.3, 0.4) is 0 Å². The third-order valence-corrected chi connectivity index (χ3v) is 10.5. The summed E-state index contributed by atoms with van der Waals surface area (Å²) in [6.45, 7) is 11.3. The topological polar surface area (TPSA) is 108 Å². The highest BCUT2D eigenvalue weighted by atomic mass is 16.5. The number of hydrogen-bond acceptors (Lipinski definition) is 7. The number of carbonyl (C=O) groups excluding carboxylic acids is 4. The molecule has 3 saturated carbocycles. The van der Waals surface area contributed by atoms with E-state index in [1.54, 1.807) is 0 Å². The van der Waals surface area contributed by atoms with Crippen molar-refractivity contribution < 1.29 is 33.4 Å². The van der Waals surface area contributed by atoms with Crippen LogP contribution in [0.25, 0.3) is 0 Å². The van der Waals surface area contributed by atoms with Crippen LogP contribution in [0.4, 0.5) is 0 Å². The van der Waals surface area contributed by atoms with Gasteiger partial charge in [0.15, 0.2) is 0 Å². The molecular weight excluding hydrogens is 498 g/mol. The van der Waals surface area contributed by atoms with Crippen molar-refractivity contribution in [3.63, 3.8) is 0 Å². The molecule has 0 aliphatic heterocycles. The maximum atomic E-state index is 12.9. The van der Waals surface area contributed by atoms with Crippen molar-refractivity contribution in [1.82, 2.24) is 5.32 Å². The number of carbonyl (C=O) groups is 4. The van der Waals surface area contributed by atoms with Gasteiger partial charge in [0.1, 0.15) is 12.2 Å². The van der Waals surface area contributed by atoms with Crippen LogP contribution < -0.4 is 5.32 Å². The zero-order chi connectivity index (χ0) is 28.5. The van der Waals surface area contributed by atoms with Crippen LogP contribution in [0.2, 0.25) is 0 Å². The maximum absolute atomic E-state index is 12.9. The molecule has 0 bridgehead atoms. The Balaban J connectivity index is 1.47. The van der Waals surface area contributed by atoms with Crippen molar-refractivity contribution >= 4 is 23.8 Å². The SMILES string of the molecule is CC(=O)N[C@@H]1[C@H](OC(=O)CC[C@H](C)COC(C)=O)C[C@@H]2[C@H]3CC=C4C[C@@H](OC(C)=O)CC[C@]4(C)[C@@H]3CC[C@@]21C. The molecule has 0 unspecified atom stereocenters. The van der Waals surface area contributed by atoms with Crippen LogP contribution in [0, 0.1) is 34.5 Å². The zero-order valence-corrected chi connectivity index (χ0v) is 24.5. The molecule has 8 nitrogen and oxygen atoms in total. The lowest BCUT2D eigenvalue weighted by Crippen LogP contribution is -2.55. The molecule has 4 aliphatic rings. The molecule has 1 N–H and O–H groups in total. The minimum absolute atomic E-state index is 0.0246. The number of rotatable bonds is 8. The van der Waals surface area contributed by atoms with E-state index < -0.39 is 0 Å². The molecule has 0 spiro atoms. The summed E-state index contributed by atoms with van der Waals surface area (Å²) in [6.07, 6.45) is 9.38. The quantitative estimate of drug-likeness (QED) is 0.263. The van der Waals surface area contributed by atoms with Crippen molar-refractivity contribution in [3.05, 3.63) is 11.6 Å². The van der Waals surface area contributed by atoms with Gasteiger partial charge in [-0.15, -0.1) is 0 Å². The number of nitrogens with one attached hydrogen (secondary N) is 1. The van der Waals surface area contributed by atoms with Gasteiger partial charge in [-0.05, 0) is 79.4 Å². The van der Waals surface area contributed by atoms with Crippen LogP contribution in [-0.2, 0) is 33.4 Å². The van der Waals surface area contributed by atoms with Gasteiger partial charge in [0, 0.05) is 33.6 Å². The van der Waals surface area contributed by atoms with E-state index in [0.717, 1.165) is 44.9 Å². The second-order valence-corrected chi connectivity index (χ2v) is 13.2. The van der Waals surface area contributed by atoms with E-state index in [1.807, 2.05) is 6.92 Å². The first-order valence-electron chi connectivity index (χ1n) is 14.8. The van der Waals surface area contributed by atoms with Gasteiger partial charge < -0.3 is 19.5 Å². The van der Waals surface area contributed by atoms with Crippen molar-refractivity contribution in [2.45, 2.75) is 118 Å². The van der Waals surface area contributed by atoms with E-state index in [9.17, 15) is 19.2 Å². The number of hydrogen-bond donors (Lipinski definition) is 1. The molecule has 0 aromatic heterocycles. The molecule has 8 heteroatoms. The van der Waals surface area contributed by atoms with Crippen LogP contribution in [0.1, 0.15) is 99.3 Å². The zero-order valence-electron chi connectivity index (χ0n) is 24.5. The Morgan fingerprint density at radius 1 is 1.03 bits per heavy atom. The summed E-state index contributed by atoms with van der Waals surface area (Å²) >= 11 is 0. The summed E-state index contributed by atoms with van der Waals surface area (Å²) in [5.74, 6) is 0.521. The van der Waals surface area contributed by atoms with Crippen molar-refractivity contribution in [3.8, 4) is 0 Å². The molecule has 4 rings (SSSR count). The fourth-order valence-corrected chi connectivity index (χ4v) is 8.48. The molecule has 0 saturated heterocycles.